The number of nitrogens with one attached hydrogen (secondary N) is 2. The maximum Gasteiger partial charge on any atom is 0.339 e. The number of hydrogen-bond donors (Lipinski definition) is 2. The molecule has 0 saturated heterocycles. The smallest absolute Gasteiger partial charge is 0.339 e. The predicted octanol–water partition coefficient (Wildman–Crippen LogP) is 3.54. The lowest BCUT2D eigenvalue weighted by Gasteiger charge is -2.14. The molecular weight excluding hydrogens is 396 g/mol. The van der Waals surface area contributed by atoms with Gasteiger partial charge in [-0.05, 0) is 47.9 Å². The first kappa shape index (κ1) is 20.4. The molecule has 0 aromatic heterocycles. The number of esters is 1. The summed E-state index contributed by atoms with van der Waals surface area (Å²) in [6.45, 7) is -0.187. The SMILES string of the molecule is COC(=O)c1ccccc1NC(=O)c1cc2ccccc2cc1OCC(=O)NC1CC1. The maximum atomic E-state index is 13.1. The van der Waals surface area contributed by atoms with Crippen molar-refractivity contribution in [1.29, 1.82) is 0 Å². The van der Waals surface area contributed by atoms with E-state index < -0.39 is 11.9 Å². The Bertz CT molecular complexity index is 1150. The second-order valence-corrected chi connectivity index (χ2v) is 7.32. The Morgan fingerprint density at radius 2 is 1.61 bits per heavy atom. The van der Waals surface area contributed by atoms with Gasteiger partial charge >= 0.3 is 5.97 Å². The Morgan fingerprint density at radius 3 is 2.32 bits per heavy atom. The van der Waals surface area contributed by atoms with Crippen LogP contribution in [-0.4, -0.2) is 37.5 Å². The van der Waals surface area contributed by atoms with Crippen molar-refractivity contribution in [2.45, 2.75) is 18.9 Å². The Morgan fingerprint density at radius 1 is 0.935 bits per heavy atom. The minimum atomic E-state index is -0.553. The Balaban J connectivity index is 1.62. The highest BCUT2D eigenvalue weighted by atomic mass is 16.5. The summed E-state index contributed by atoms with van der Waals surface area (Å²) >= 11 is 0. The van der Waals surface area contributed by atoms with E-state index in [-0.39, 0.29) is 35.4 Å². The van der Waals surface area contributed by atoms with E-state index in [4.69, 9.17) is 9.47 Å². The van der Waals surface area contributed by atoms with Gasteiger partial charge in [0.05, 0.1) is 23.9 Å². The fourth-order valence-electron chi connectivity index (χ4n) is 3.23. The fourth-order valence-corrected chi connectivity index (χ4v) is 3.23. The van der Waals surface area contributed by atoms with Gasteiger partial charge in [-0.3, -0.25) is 9.59 Å². The van der Waals surface area contributed by atoms with Gasteiger partial charge in [0.1, 0.15) is 5.75 Å². The van der Waals surface area contributed by atoms with Gasteiger partial charge in [-0.2, -0.15) is 0 Å². The van der Waals surface area contributed by atoms with Gasteiger partial charge in [0.2, 0.25) is 0 Å². The van der Waals surface area contributed by atoms with E-state index in [0.29, 0.717) is 5.69 Å². The number of carbonyl (C=O) groups is 3. The van der Waals surface area contributed by atoms with Crippen LogP contribution in [0.2, 0.25) is 0 Å². The third-order valence-electron chi connectivity index (χ3n) is 4.97. The standard InChI is InChI=1S/C24H22N2O5/c1-30-24(29)18-8-4-5-9-20(18)26-23(28)19-12-15-6-2-3-7-16(15)13-21(19)31-14-22(27)25-17-10-11-17/h2-9,12-13,17H,10-11,14H2,1H3,(H,25,27)(H,26,28). The number of anilines is 1. The molecule has 0 atom stereocenters. The molecule has 0 aliphatic heterocycles. The minimum Gasteiger partial charge on any atom is -0.483 e. The van der Waals surface area contributed by atoms with Crippen molar-refractivity contribution < 1.29 is 23.9 Å². The molecule has 4 rings (SSSR count). The van der Waals surface area contributed by atoms with Crippen LogP contribution in [0, 0.1) is 0 Å². The molecule has 3 aromatic carbocycles. The predicted molar refractivity (Wildman–Crippen MR) is 116 cm³/mol. The second-order valence-electron chi connectivity index (χ2n) is 7.32. The van der Waals surface area contributed by atoms with Crippen LogP contribution >= 0.6 is 0 Å². The molecule has 7 heteroatoms. The first-order valence-electron chi connectivity index (χ1n) is 9.99. The van der Waals surface area contributed by atoms with E-state index in [1.54, 1.807) is 36.4 Å². The van der Waals surface area contributed by atoms with E-state index in [9.17, 15) is 14.4 Å². The molecule has 2 N–H and O–H groups in total. The molecule has 0 unspecified atom stereocenters. The number of carbonyl (C=O) groups excluding carboxylic acids is 3. The lowest BCUT2D eigenvalue weighted by atomic mass is 10.0. The van der Waals surface area contributed by atoms with E-state index in [1.807, 2.05) is 24.3 Å². The normalized spacial score (nSPS) is 12.8. The van der Waals surface area contributed by atoms with Crippen LogP contribution in [0.5, 0.6) is 5.75 Å². The van der Waals surface area contributed by atoms with Crippen LogP contribution in [0.4, 0.5) is 5.69 Å². The van der Waals surface area contributed by atoms with Gasteiger partial charge in [-0.15, -0.1) is 0 Å². The summed E-state index contributed by atoms with van der Waals surface area (Å²) in [5.74, 6) is -0.946. The minimum absolute atomic E-state index is 0.187. The van der Waals surface area contributed by atoms with E-state index >= 15 is 0 Å². The highest BCUT2D eigenvalue weighted by Crippen LogP contribution is 2.28. The first-order valence-corrected chi connectivity index (χ1v) is 9.99. The number of hydrogen-bond acceptors (Lipinski definition) is 5. The summed E-state index contributed by atoms with van der Waals surface area (Å²) in [6.07, 6.45) is 1.96. The highest BCUT2D eigenvalue weighted by molar-refractivity contribution is 6.11. The number of fused-ring (bicyclic) bond motifs is 1. The van der Waals surface area contributed by atoms with Crippen molar-refractivity contribution in [3.05, 3.63) is 71.8 Å². The summed E-state index contributed by atoms with van der Waals surface area (Å²) in [7, 11) is 1.28. The summed E-state index contributed by atoms with van der Waals surface area (Å²) in [5, 5.41) is 7.35. The average molecular weight is 418 g/mol. The van der Waals surface area contributed by atoms with Crippen molar-refractivity contribution >= 4 is 34.2 Å². The zero-order valence-electron chi connectivity index (χ0n) is 17.0. The Labute approximate surface area is 179 Å². The van der Waals surface area contributed by atoms with Gasteiger partial charge in [-0.25, -0.2) is 4.79 Å². The van der Waals surface area contributed by atoms with Crippen LogP contribution in [0.3, 0.4) is 0 Å². The van der Waals surface area contributed by atoms with Crippen LogP contribution in [0.1, 0.15) is 33.6 Å². The zero-order valence-corrected chi connectivity index (χ0v) is 17.0. The molecule has 1 fully saturated rings. The quantitative estimate of drug-likeness (QED) is 0.573. The molecule has 2 amide bonds. The molecule has 0 bridgehead atoms. The molecule has 31 heavy (non-hydrogen) atoms. The molecule has 0 radical (unpaired) electrons. The fraction of sp³-hybridized carbons (Fsp3) is 0.208. The van der Waals surface area contributed by atoms with Crippen molar-refractivity contribution in [3.63, 3.8) is 0 Å². The van der Waals surface area contributed by atoms with Crippen LogP contribution in [0.15, 0.2) is 60.7 Å². The lowest BCUT2D eigenvalue weighted by Crippen LogP contribution is -2.30. The van der Waals surface area contributed by atoms with Crippen LogP contribution in [-0.2, 0) is 9.53 Å². The van der Waals surface area contributed by atoms with Gasteiger partial charge in [-0.1, -0.05) is 36.4 Å². The molecule has 3 aromatic rings. The molecule has 1 saturated carbocycles. The highest BCUT2D eigenvalue weighted by Gasteiger charge is 2.24. The molecule has 1 aliphatic rings. The van der Waals surface area contributed by atoms with Crippen molar-refractivity contribution in [2.24, 2.45) is 0 Å². The summed E-state index contributed by atoms with van der Waals surface area (Å²) in [6, 6.07) is 17.8. The molecule has 7 nitrogen and oxygen atoms in total. The number of ether oxygens (including phenoxy) is 2. The first-order chi connectivity index (χ1) is 15.0. The Hall–Kier alpha value is -3.87. The third kappa shape index (κ3) is 4.83. The molecule has 0 spiro atoms. The molecular formula is C24H22N2O5. The number of rotatable bonds is 7. The summed E-state index contributed by atoms with van der Waals surface area (Å²) in [5.41, 5.74) is 0.827. The van der Waals surface area contributed by atoms with Crippen LogP contribution in [0.25, 0.3) is 10.8 Å². The van der Waals surface area contributed by atoms with Crippen molar-refractivity contribution in [1.82, 2.24) is 5.32 Å². The maximum absolute atomic E-state index is 13.1. The number of benzene rings is 3. The zero-order chi connectivity index (χ0) is 21.8. The second kappa shape index (κ2) is 8.87. The Kier molecular flexibility index (Phi) is 5.84. The largest absolute Gasteiger partial charge is 0.483 e. The van der Waals surface area contributed by atoms with Gasteiger partial charge in [0.25, 0.3) is 11.8 Å². The monoisotopic (exact) mass is 418 g/mol. The van der Waals surface area contributed by atoms with E-state index in [0.717, 1.165) is 23.6 Å². The number of amides is 2. The molecule has 0 heterocycles. The van der Waals surface area contributed by atoms with Gasteiger partial charge in [0.15, 0.2) is 6.61 Å². The molecule has 1 aliphatic carbocycles. The van der Waals surface area contributed by atoms with E-state index in [2.05, 4.69) is 10.6 Å². The summed E-state index contributed by atoms with van der Waals surface area (Å²) < 4.78 is 10.5. The lowest BCUT2D eigenvalue weighted by molar-refractivity contribution is -0.123. The number of methoxy groups -OCH3 is 1. The van der Waals surface area contributed by atoms with Crippen LogP contribution < -0.4 is 15.4 Å². The topological polar surface area (TPSA) is 93.7 Å². The van der Waals surface area contributed by atoms with Gasteiger partial charge < -0.3 is 20.1 Å². The third-order valence-corrected chi connectivity index (χ3v) is 4.97. The van der Waals surface area contributed by atoms with Gasteiger partial charge in [0, 0.05) is 6.04 Å². The molecule has 158 valence electrons. The van der Waals surface area contributed by atoms with Crippen molar-refractivity contribution in [3.8, 4) is 5.75 Å². The van der Waals surface area contributed by atoms with Crippen molar-refractivity contribution in [2.75, 3.05) is 19.0 Å². The summed E-state index contributed by atoms with van der Waals surface area (Å²) in [4.78, 5) is 37.2. The van der Waals surface area contributed by atoms with E-state index in [1.165, 1.54) is 7.11 Å². The number of para-hydroxylation sites is 1. The average Bonchev–Trinajstić information content (AvgIpc) is 3.60.